The maximum atomic E-state index is 12.5. The summed E-state index contributed by atoms with van der Waals surface area (Å²) >= 11 is 5.88. The minimum absolute atomic E-state index is 0.127. The Morgan fingerprint density at radius 1 is 1.13 bits per heavy atom. The van der Waals surface area contributed by atoms with Crippen LogP contribution in [0.3, 0.4) is 0 Å². The third kappa shape index (κ3) is 6.09. The SMILES string of the molecule is COC(=O)N(CC#N)N=C(c1ccc(Cl)cc1)c1ccc(OS(=O)(=O)C(F)(F)F)cc1. The van der Waals surface area contributed by atoms with Crippen molar-refractivity contribution in [2.45, 2.75) is 5.51 Å². The molecule has 0 atom stereocenters. The zero-order valence-corrected chi connectivity index (χ0v) is 17.2. The first-order chi connectivity index (χ1) is 14.5. The molecular weight excluding hydrogens is 463 g/mol. The number of methoxy groups -OCH3 is 1. The third-order valence-corrected chi connectivity index (χ3v) is 4.79. The van der Waals surface area contributed by atoms with E-state index in [1.54, 1.807) is 18.2 Å². The van der Waals surface area contributed by atoms with E-state index in [1.165, 1.54) is 24.3 Å². The number of halogens is 4. The Bertz CT molecular complexity index is 1110. The van der Waals surface area contributed by atoms with Crippen LogP contribution in [-0.4, -0.2) is 44.4 Å². The van der Waals surface area contributed by atoms with Gasteiger partial charge in [-0.05, 0) is 36.4 Å². The average Bonchev–Trinajstić information content (AvgIpc) is 2.71. The van der Waals surface area contributed by atoms with Gasteiger partial charge in [-0.25, -0.2) is 4.79 Å². The van der Waals surface area contributed by atoms with E-state index >= 15 is 0 Å². The van der Waals surface area contributed by atoms with Gasteiger partial charge in [-0.3, -0.25) is 0 Å². The molecule has 0 N–H and O–H groups in total. The highest BCUT2D eigenvalue weighted by Gasteiger charge is 2.48. The standard InChI is InChI=1S/C18H13ClF3N3O5S/c1-29-17(26)25(11-10-23)24-16(12-2-6-14(19)7-3-12)13-4-8-15(9-5-13)30-31(27,28)18(20,21)22/h2-9H,11H2,1H3. The molecule has 0 bridgehead atoms. The highest BCUT2D eigenvalue weighted by Crippen LogP contribution is 2.27. The normalized spacial score (nSPS) is 12.1. The number of amides is 1. The van der Waals surface area contributed by atoms with Crippen LogP contribution in [0.15, 0.2) is 53.6 Å². The molecule has 31 heavy (non-hydrogen) atoms. The van der Waals surface area contributed by atoms with Gasteiger partial charge in [0.15, 0.2) is 0 Å². The van der Waals surface area contributed by atoms with Crippen molar-refractivity contribution in [3.8, 4) is 11.8 Å². The Hall–Kier alpha value is -3.30. The summed E-state index contributed by atoms with van der Waals surface area (Å²) in [6.07, 6.45) is -0.927. The maximum absolute atomic E-state index is 12.5. The number of hydrogen-bond acceptors (Lipinski definition) is 7. The number of hydrazone groups is 1. The van der Waals surface area contributed by atoms with E-state index in [0.717, 1.165) is 24.3 Å². The van der Waals surface area contributed by atoms with Gasteiger partial charge in [0.25, 0.3) is 0 Å². The van der Waals surface area contributed by atoms with Crippen LogP contribution >= 0.6 is 11.6 Å². The number of rotatable bonds is 6. The highest BCUT2D eigenvalue weighted by molar-refractivity contribution is 7.88. The Balaban J connectivity index is 2.50. The Morgan fingerprint density at radius 2 is 1.65 bits per heavy atom. The first-order valence-electron chi connectivity index (χ1n) is 8.16. The predicted octanol–water partition coefficient (Wildman–Crippen LogP) is 3.91. The van der Waals surface area contributed by atoms with Gasteiger partial charge in [-0.15, -0.1) is 0 Å². The van der Waals surface area contributed by atoms with E-state index in [9.17, 15) is 26.4 Å². The minimum Gasteiger partial charge on any atom is -0.451 e. The summed E-state index contributed by atoms with van der Waals surface area (Å²) in [6, 6.07) is 12.4. The smallest absolute Gasteiger partial charge is 0.451 e. The lowest BCUT2D eigenvalue weighted by molar-refractivity contribution is -0.0500. The molecule has 0 unspecified atom stereocenters. The van der Waals surface area contributed by atoms with Crippen LogP contribution in [-0.2, 0) is 14.9 Å². The molecule has 8 nitrogen and oxygen atoms in total. The van der Waals surface area contributed by atoms with Crippen LogP contribution in [0.1, 0.15) is 11.1 Å². The Kier molecular flexibility index (Phi) is 7.48. The number of carbonyl (C=O) groups excluding carboxylic acids is 1. The minimum atomic E-state index is -5.83. The first-order valence-corrected chi connectivity index (χ1v) is 9.95. The summed E-state index contributed by atoms with van der Waals surface area (Å²) < 4.78 is 68.4. The topological polar surface area (TPSA) is 109 Å². The fraction of sp³-hybridized carbons (Fsp3) is 0.167. The highest BCUT2D eigenvalue weighted by atomic mass is 35.5. The average molecular weight is 476 g/mol. The summed E-state index contributed by atoms with van der Waals surface area (Å²) in [7, 11) is -4.74. The van der Waals surface area contributed by atoms with E-state index in [4.69, 9.17) is 16.9 Å². The first kappa shape index (κ1) is 24.0. The van der Waals surface area contributed by atoms with Crippen molar-refractivity contribution in [2.24, 2.45) is 5.10 Å². The Labute approximate surface area is 180 Å². The quantitative estimate of drug-likeness (QED) is 0.206. The lowest BCUT2D eigenvalue weighted by atomic mass is 10.0. The van der Waals surface area contributed by atoms with Gasteiger partial charge in [0, 0.05) is 16.1 Å². The monoisotopic (exact) mass is 475 g/mol. The molecule has 0 aromatic heterocycles. The van der Waals surface area contributed by atoms with Crippen molar-refractivity contribution < 1.29 is 35.3 Å². The van der Waals surface area contributed by atoms with Gasteiger partial charge >= 0.3 is 21.7 Å². The van der Waals surface area contributed by atoms with Crippen molar-refractivity contribution in [2.75, 3.05) is 13.7 Å². The molecule has 13 heteroatoms. The van der Waals surface area contributed by atoms with Crippen LogP contribution in [0.2, 0.25) is 5.02 Å². The second kappa shape index (κ2) is 9.67. The van der Waals surface area contributed by atoms with Gasteiger partial charge in [-0.1, -0.05) is 23.7 Å². The van der Waals surface area contributed by atoms with Crippen LogP contribution in [0, 0.1) is 11.3 Å². The molecule has 0 aliphatic heterocycles. The molecule has 0 fully saturated rings. The summed E-state index contributed by atoms with van der Waals surface area (Å²) in [6.45, 7) is -0.450. The predicted molar refractivity (Wildman–Crippen MR) is 104 cm³/mol. The van der Waals surface area contributed by atoms with E-state index in [0.29, 0.717) is 10.6 Å². The van der Waals surface area contributed by atoms with Gasteiger partial charge in [0.2, 0.25) is 0 Å². The molecule has 2 rings (SSSR count). The van der Waals surface area contributed by atoms with E-state index in [2.05, 4.69) is 14.0 Å². The van der Waals surface area contributed by atoms with Crippen molar-refractivity contribution in [3.63, 3.8) is 0 Å². The summed E-state index contributed by atoms with van der Waals surface area (Å²) in [5.74, 6) is -0.585. The van der Waals surface area contributed by atoms with Gasteiger partial charge < -0.3 is 8.92 Å². The molecule has 0 radical (unpaired) electrons. The molecule has 0 heterocycles. The molecule has 0 spiro atoms. The molecule has 0 saturated carbocycles. The summed E-state index contributed by atoms with van der Waals surface area (Å²) in [4.78, 5) is 11.9. The van der Waals surface area contributed by atoms with Crippen LogP contribution in [0.25, 0.3) is 0 Å². The van der Waals surface area contributed by atoms with Crippen LogP contribution < -0.4 is 4.18 Å². The lowest BCUT2D eigenvalue weighted by Crippen LogP contribution is -2.28. The van der Waals surface area contributed by atoms with Gasteiger partial charge in [-0.2, -0.15) is 37.0 Å². The van der Waals surface area contributed by atoms with Gasteiger partial charge in [0.1, 0.15) is 12.3 Å². The van der Waals surface area contributed by atoms with Crippen LogP contribution in [0.5, 0.6) is 5.75 Å². The molecule has 0 saturated heterocycles. The maximum Gasteiger partial charge on any atom is 0.534 e. The number of carbonyl (C=O) groups is 1. The van der Waals surface area contributed by atoms with Crippen LogP contribution in [0.4, 0.5) is 18.0 Å². The van der Waals surface area contributed by atoms with E-state index < -0.39 is 34.0 Å². The van der Waals surface area contributed by atoms with Crippen molar-refractivity contribution >= 4 is 33.5 Å². The fourth-order valence-electron chi connectivity index (χ4n) is 2.17. The molecule has 164 valence electrons. The molecule has 0 aliphatic rings. The molecule has 1 amide bonds. The number of ether oxygens (including phenoxy) is 1. The van der Waals surface area contributed by atoms with Crippen molar-refractivity contribution in [3.05, 3.63) is 64.7 Å². The van der Waals surface area contributed by atoms with Crippen molar-refractivity contribution in [1.29, 1.82) is 5.26 Å². The number of hydrogen-bond donors (Lipinski definition) is 0. The number of nitriles is 1. The van der Waals surface area contributed by atoms with E-state index in [1.807, 2.05) is 0 Å². The van der Waals surface area contributed by atoms with Crippen molar-refractivity contribution in [1.82, 2.24) is 5.01 Å². The number of nitrogens with zero attached hydrogens (tertiary/aromatic N) is 3. The van der Waals surface area contributed by atoms with Gasteiger partial charge in [0.05, 0.1) is 18.9 Å². The largest absolute Gasteiger partial charge is 0.534 e. The zero-order chi connectivity index (χ0) is 23.2. The molecule has 0 aliphatic carbocycles. The third-order valence-electron chi connectivity index (χ3n) is 3.56. The van der Waals surface area contributed by atoms with E-state index in [-0.39, 0.29) is 11.3 Å². The lowest BCUT2D eigenvalue weighted by Gasteiger charge is -2.16. The zero-order valence-electron chi connectivity index (χ0n) is 15.6. The molecule has 2 aromatic rings. The molecule has 2 aromatic carbocycles. The second-order valence-electron chi connectivity index (χ2n) is 5.65. The summed E-state index contributed by atoms with van der Waals surface area (Å²) in [5.41, 5.74) is -4.75. The Morgan fingerprint density at radius 3 is 2.10 bits per heavy atom. The summed E-state index contributed by atoms with van der Waals surface area (Å²) in [5, 5.41) is 14.2. The fourth-order valence-corrected chi connectivity index (χ4v) is 2.75. The second-order valence-corrected chi connectivity index (χ2v) is 7.62. The number of alkyl halides is 3. The number of benzene rings is 2. The molecular formula is C18H13ClF3N3O5S.